The summed E-state index contributed by atoms with van der Waals surface area (Å²) in [5.41, 5.74) is 2.29. The van der Waals surface area contributed by atoms with Gasteiger partial charge < -0.3 is 15.4 Å². The molecule has 8 nitrogen and oxygen atoms in total. The summed E-state index contributed by atoms with van der Waals surface area (Å²) >= 11 is 0. The molecule has 4 rings (SSSR count). The lowest BCUT2D eigenvalue weighted by molar-refractivity contribution is 0.258. The topological polar surface area (TPSA) is 90.5 Å². The predicted octanol–water partition coefficient (Wildman–Crippen LogP) is 3.43. The lowest BCUT2D eigenvalue weighted by Gasteiger charge is -2.21. The van der Waals surface area contributed by atoms with Gasteiger partial charge in [0.05, 0.1) is 13.7 Å². The number of aromatic nitrogens is 3. The second-order valence-corrected chi connectivity index (χ2v) is 8.10. The maximum Gasteiger partial charge on any atom is 0.191 e. The molecular formula is C24H32IN7O. The maximum absolute atomic E-state index is 5.20. The molecule has 9 heteroatoms. The smallest absolute Gasteiger partial charge is 0.191 e. The standard InChI is InChI=1S/C24H31N7O.HI/c1-17-13-20(16-31(17)15-18-7-5-4-6-8-18)27-24(25-2)26-14-22-28-23(30-29-22)19-9-11-21(32-3)12-10-19;/h4-12,17,20H,13-16H2,1-3H3,(H2,25,26,27)(H,28,29,30);1H. The summed E-state index contributed by atoms with van der Waals surface area (Å²) in [6.07, 6.45) is 1.08. The molecule has 1 aliphatic heterocycles. The Bertz CT molecular complexity index is 1020. The first kappa shape index (κ1) is 25.0. The molecule has 1 fully saturated rings. The molecule has 3 aromatic rings. The van der Waals surface area contributed by atoms with Gasteiger partial charge in [0.15, 0.2) is 11.8 Å². The highest BCUT2D eigenvalue weighted by Gasteiger charge is 2.29. The molecule has 0 aliphatic carbocycles. The van der Waals surface area contributed by atoms with Crippen molar-refractivity contribution in [2.45, 2.75) is 38.5 Å². The Balaban J connectivity index is 0.00000306. The fourth-order valence-corrected chi connectivity index (χ4v) is 4.04. The number of halogens is 1. The van der Waals surface area contributed by atoms with E-state index in [2.05, 4.69) is 73.0 Å². The van der Waals surface area contributed by atoms with Gasteiger partial charge in [0.2, 0.25) is 0 Å². The lowest BCUT2D eigenvalue weighted by Crippen LogP contribution is -2.44. The Kier molecular flexibility index (Phi) is 9.07. The van der Waals surface area contributed by atoms with Crippen LogP contribution in [-0.4, -0.2) is 58.8 Å². The van der Waals surface area contributed by atoms with Crippen LogP contribution in [-0.2, 0) is 13.1 Å². The fourth-order valence-electron chi connectivity index (χ4n) is 4.04. The van der Waals surface area contributed by atoms with Crippen LogP contribution in [0, 0.1) is 0 Å². The van der Waals surface area contributed by atoms with Gasteiger partial charge in [-0.25, -0.2) is 4.98 Å². The number of aliphatic imine (C=N–C) groups is 1. The summed E-state index contributed by atoms with van der Waals surface area (Å²) in [5.74, 6) is 2.99. The lowest BCUT2D eigenvalue weighted by atomic mass is 10.2. The van der Waals surface area contributed by atoms with Gasteiger partial charge in [-0.05, 0) is 43.2 Å². The van der Waals surface area contributed by atoms with E-state index in [4.69, 9.17) is 4.74 Å². The Morgan fingerprint density at radius 2 is 1.94 bits per heavy atom. The quantitative estimate of drug-likeness (QED) is 0.233. The predicted molar refractivity (Wildman–Crippen MR) is 142 cm³/mol. The number of rotatable bonds is 7. The zero-order valence-corrected chi connectivity index (χ0v) is 21.6. The Hall–Kier alpha value is -2.66. The van der Waals surface area contributed by atoms with Gasteiger partial charge in [-0.2, -0.15) is 5.10 Å². The number of H-pyrrole nitrogens is 1. The monoisotopic (exact) mass is 561 g/mol. The van der Waals surface area contributed by atoms with Gasteiger partial charge in [0.1, 0.15) is 11.6 Å². The van der Waals surface area contributed by atoms with E-state index in [1.165, 1.54) is 5.56 Å². The highest BCUT2D eigenvalue weighted by Crippen LogP contribution is 2.21. The summed E-state index contributed by atoms with van der Waals surface area (Å²) in [6, 6.07) is 19.2. The molecule has 2 aromatic carbocycles. The van der Waals surface area contributed by atoms with Gasteiger partial charge in [-0.3, -0.25) is 15.0 Å². The third-order valence-electron chi connectivity index (χ3n) is 5.80. The van der Waals surface area contributed by atoms with Crippen LogP contribution in [0.25, 0.3) is 11.4 Å². The van der Waals surface area contributed by atoms with E-state index in [0.717, 1.165) is 42.6 Å². The third-order valence-corrected chi connectivity index (χ3v) is 5.80. The molecule has 0 amide bonds. The minimum atomic E-state index is 0. The summed E-state index contributed by atoms with van der Waals surface area (Å²) < 4.78 is 5.20. The zero-order chi connectivity index (χ0) is 22.3. The summed E-state index contributed by atoms with van der Waals surface area (Å²) in [5, 5.41) is 14.2. The van der Waals surface area contributed by atoms with Crippen molar-refractivity contribution in [1.82, 2.24) is 30.7 Å². The Morgan fingerprint density at radius 1 is 1.18 bits per heavy atom. The number of aromatic amines is 1. The van der Waals surface area contributed by atoms with Crippen molar-refractivity contribution in [3.05, 3.63) is 66.0 Å². The Morgan fingerprint density at radius 3 is 2.64 bits per heavy atom. The van der Waals surface area contributed by atoms with Crippen LogP contribution in [0.2, 0.25) is 0 Å². The number of nitrogens with zero attached hydrogens (tertiary/aromatic N) is 4. The third kappa shape index (κ3) is 6.67. The molecule has 1 saturated heterocycles. The Labute approximate surface area is 212 Å². The molecule has 176 valence electrons. The highest BCUT2D eigenvalue weighted by atomic mass is 127. The number of methoxy groups -OCH3 is 1. The molecule has 2 unspecified atom stereocenters. The molecule has 0 bridgehead atoms. The summed E-state index contributed by atoms with van der Waals surface area (Å²) in [7, 11) is 3.44. The van der Waals surface area contributed by atoms with Crippen LogP contribution in [0.5, 0.6) is 5.75 Å². The molecule has 1 aromatic heterocycles. The van der Waals surface area contributed by atoms with E-state index in [1.807, 2.05) is 24.3 Å². The van der Waals surface area contributed by atoms with Crippen LogP contribution in [0.15, 0.2) is 59.6 Å². The fraction of sp³-hybridized carbons (Fsp3) is 0.375. The first-order valence-corrected chi connectivity index (χ1v) is 11.0. The molecule has 0 spiro atoms. The van der Waals surface area contributed by atoms with Gasteiger partial charge >= 0.3 is 0 Å². The minimum absolute atomic E-state index is 0. The van der Waals surface area contributed by atoms with Gasteiger partial charge in [0, 0.05) is 37.8 Å². The van der Waals surface area contributed by atoms with Crippen LogP contribution in [0.4, 0.5) is 0 Å². The van der Waals surface area contributed by atoms with Gasteiger partial charge in [-0.15, -0.1) is 24.0 Å². The van der Waals surface area contributed by atoms with Crippen molar-refractivity contribution in [2.75, 3.05) is 20.7 Å². The number of hydrogen-bond acceptors (Lipinski definition) is 5. The number of hydrogen-bond donors (Lipinski definition) is 3. The van der Waals surface area contributed by atoms with E-state index in [1.54, 1.807) is 14.2 Å². The van der Waals surface area contributed by atoms with E-state index < -0.39 is 0 Å². The van der Waals surface area contributed by atoms with Crippen molar-refractivity contribution in [2.24, 2.45) is 4.99 Å². The number of guanidine groups is 1. The summed E-state index contributed by atoms with van der Waals surface area (Å²) in [4.78, 5) is 11.5. The van der Waals surface area contributed by atoms with Gasteiger partial charge in [0.25, 0.3) is 0 Å². The first-order chi connectivity index (χ1) is 15.6. The molecule has 1 aliphatic rings. The molecule has 2 atom stereocenters. The second-order valence-electron chi connectivity index (χ2n) is 8.10. The SMILES string of the molecule is CN=C(NCc1nc(-c2ccc(OC)cc2)n[nH]1)NC1CC(C)N(Cc2ccccc2)C1.I. The van der Waals surface area contributed by atoms with Crippen molar-refractivity contribution < 1.29 is 4.74 Å². The molecule has 2 heterocycles. The number of nitrogens with one attached hydrogen (secondary N) is 3. The minimum Gasteiger partial charge on any atom is -0.497 e. The number of ether oxygens (including phenoxy) is 1. The molecular weight excluding hydrogens is 529 g/mol. The van der Waals surface area contributed by atoms with E-state index in [-0.39, 0.29) is 24.0 Å². The average molecular weight is 561 g/mol. The van der Waals surface area contributed by atoms with Crippen LogP contribution >= 0.6 is 24.0 Å². The van der Waals surface area contributed by atoms with Crippen molar-refractivity contribution in [1.29, 1.82) is 0 Å². The molecule has 3 N–H and O–H groups in total. The zero-order valence-electron chi connectivity index (χ0n) is 19.3. The van der Waals surface area contributed by atoms with Crippen LogP contribution in [0.3, 0.4) is 0 Å². The summed E-state index contributed by atoms with van der Waals surface area (Å²) in [6.45, 7) is 4.76. The van der Waals surface area contributed by atoms with Crippen LogP contribution < -0.4 is 15.4 Å². The molecule has 0 saturated carbocycles. The molecule has 0 radical (unpaired) electrons. The normalized spacial score (nSPS) is 18.6. The van der Waals surface area contributed by atoms with E-state index in [0.29, 0.717) is 24.5 Å². The second kappa shape index (κ2) is 12.0. The average Bonchev–Trinajstić information content (AvgIpc) is 3.44. The largest absolute Gasteiger partial charge is 0.497 e. The van der Waals surface area contributed by atoms with Crippen molar-refractivity contribution in [3.8, 4) is 17.1 Å². The highest BCUT2D eigenvalue weighted by molar-refractivity contribution is 14.0. The first-order valence-electron chi connectivity index (χ1n) is 11.0. The molecule has 33 heavy (non-hydrogen) atoms. The number of likely N-dealkylation sites (tertiary alicyclic amines) is 1. The van der Waals surface area contributed by atoms with Crippen LogP contribution in [0.1, 0.15) is 24.7 Å². The maximum atomic E-state index is 5.20. The van der Waals surface area contributed by atoms with Crippen molar-refractivity contribution in [3.63, 3.8) is 0 Å². The van der Waals surface area contributed by atoms with E-state index >= 15 is 0 Å². The van der Waals surface area contributed by atoms with Gasteiger partial charge in [-0.1, -0.05) is 30.3 Å². The number of benzene rings is 2. The van der Waals surface area contributed by atoms with E-state index in [9.17, 15) is 0 Å². The van der Waals surface area contributed by atoms with Crippen molar-refractivity contribution >= 4 is 29.9 Å².